The van der Waals surface area contributed by atoms with Gasteiger partial charge in [-0.05, 0) is 29.8 Å². The number of hydrogen-bond acceptors (Lipinski definition) is 6. The van der Waals surface area contributed by atoms with Crippen LogP contribution < -0.4 is 4.74 Å². The second-order valence-corrected chi connectivity index (χ2v) is 6.85. The average molecular weight is 412 g/mol. The first kappa shape index (κ1) is 18.8. The van der Waals surface area contributed by atoms with E-state index < -0.39 is 0 Å². The summed E-state index contributed by atoms with van der Waals surface area (Å²) in [6.45, 7) is 0.259. The molecule has 0 aliphatic heterocycles. The Bertz CT molecular complexity index is 1370. The zero-order valence-electron chi connectivity index (χ0n) is 16.6. The summed E-state index contributed by atoms with van der Waals surface area (Å²) in [4.78, 5) is 17.6. The van der Waals surface area contributed by atoms with Crippen LogP contribution in [-0.4, -0.2) is 36.8 Å². The minimum atomic E-state index is -0.281. The van der Waals surface area contributed by atoms with Gasteiger partial charge in [-0.25, -0.2) is 29.0 Å². The molecule has 4 aromatic heterocycles. The summed E-state index contributed by atoms with van der Waals surface area (Å²) in [6.07, 6.45) is 6.82. The first-order chi connectivity index (χ1) is 15.2. The lowest BCUT2D eigenvalue weighted by molar-refractivity contribution is 0.398. The van der Waals surface area contributed by atoms with Crippen LogP contribution >= 0.6 is 0 Å². The van der Waals surface area contributed by atoms with E-state index in [4.69, 9.17) is 4.74 Å². The molecule has 0 N–H and O–H groups in total. The molecule has 0 unspecified atom stereocenters. The Morgan fingerprint density at radius 3 is 2.55 bits per heavy atom. The molecule has 0 aliphatic rings. The van der Waals surface area contributed by atoms with Crippen molar-refractivity contribution in [2.24, 2.45) is 0 Å². The van der Waals surface area contributed by atoms with Gasteiger partial charge in [0.05, 0.1) is 19.0 Å². The number of benzene rings is 1. The SMILES string of the molecule is COc1cc(-c2cnc(-c3nn(Cc4ccccc4F)c4ncccc34)nc2)ccn1. The normalized spacial score (nSPS) is 11.0. The first-order valence-corrected chi connectivity index (χ1v) is 9.60. The molecule has 0 radical (unpaired) electrons. The molecule has 5 aromatic rings. The van der Waals surface area contributed by atoms with Crippen molar-refractivity contribution in [1.29, 1.82) is 0 Å². The number of methoxy groups -OCH3 is 1. The molecule has 0 atom stereocenters. The summed E-state index contributed by atoms with van der Waals surface area (Å²) in [5.41, 5.74) is 3.50. The van der Waals surface area contributed by atoms with Crippen LogP contribution in [0.5, 0.6) is 5.88 Å². The highest BCUT2D eigenvalue weighted by molar-refractivity contribution is 5.89. The molecule has 0 fully saturated rings. The fraction of sp³-hybridized carbons (Fsp3) is 0.0870. The molecule has 0 saturated heterocycles. The van der Waals surface area contributed by atoms with Crippen molar-refractivity contribution >= 4 is 11.0 Å². The molecule has 0 bridgehead atoms. The molecule has 0 aliphatic carbocycles. The summed E-state index contributed by atoms with van der Waals surface area (Å²) >= 11 is 0. The molecular formula is C23H17FN6O. The van der Waals surface area contributed by atoms with E-state index in [1.54, 1.807) is 54.8 Å². The fourth-order valence-electron chi connectivity index (χ4n) is 3.37. The highest BCUT2D eigenvalue weighted by Crippen LogP contribution is 2.27. The van der Waals surface area contributed by atoms with Crippen LogP contribution in [0.4, 0.5) is 4.39 Å². The highest BCUT2D eigenvalue weighted by atomic mass is 19.1. The van der Waals surface area contributed by atoms with Gasteiger partial charge in [0, 0.05) is 42.0 Å². The standard InChI is InChI=1S/C23H17FN6O/c1-31-20-11-15(8-10-25-20)17-12-27-22(28-13-17)21-18-6-4-9-26-23(18)30(29-21)14-16-5-2-3-7-19(16)24/h2-13H,14H2,1H3. The lowest BCUT2D eigenvalue weighted by atomic mass is 10.1. The third-order valence-corrected chi connectivity index (χ3v) is 4.93. The highest BCUT2D eigenvalue weighted by Gasteiger charge is 2.16. The zero-order chi connectivity index (χ0) is 21.2. The van der Waals surface area contributed by atoms with Gasteiger partial charge in [0.25, 0.3) is 0 Å². The lowest BCUT2D eigenvalue weighted by Gasteiger charge is -2.04. The molecule has 31 heavy (non-hydrogen) atoms. The Hall–Kier alpha value is -4.20. The van der Waals surface area contributed by atoms with Gasteiger partial charge in [0.1, 0.15) is 11.5 Å². The molecule has 8 heteroatoms. The van der Waals surface area contributed by atoms with Crippen LogP contribution in [0.1, 0.15) is 5.56 Å². The molecular weight excluding hydrogens is 395 g/mol. The molecule has 0 saturated carbocycles. The lowest BCUT2D eigenvalue weighted by Crippen LogP contribution is -2.04. The largest absolute Gasteiger partial charge is 0.481 e. The van der Waals surface area contributed by atoms with Gasteiger partial charge in [-0.3, -0.25) is 0 Å². The topological polar surface area (TPSA) is 78.6 Å². The van der Waals surface area contributed by atoms with Gasteiger partial charge in [0.15, 0.2) is 11.5 Å². The third kappa shape index (κ3) is 3.59. The minimum Gasteiger partial charge on any atom is -0.481 e. The minimum absolute atomic E-state index is 0.259. The Labute approximate surface area is 177 Å². The van der Waals surface area contributed by atoms with E-state index in [-0.39, 0.29) is 12.4 Å². The van der Waals surface area contributed by atoms with Crippen molar-refractivity contribution in [3.05, 3.63) is 84.7 Å². The molecule has 5 rings (SSSR count). The number of pyridine rings is 2. The van der Waals surface area contributed by atoms with Gasteiger partial charge in [-0.15, -0.1) is 0 Å². The van der Waals surface area contributed by atoms with Crippen LogP contribution in [0.2, 0.25) is 0 Å². The number of halogens is 1. The fourth-order valence-corrected chi connectivity index (χ4v) is 3.37. The van der Waals surface area contributed by atoms with Crippen LogP contribution in [0.25, 0.3) is 33.7 Å². The number of nitrogens with zero attached hydrogens (tertiary/aromatic N) is 6. The second kappa shape index (κ2) is 7.91. The number of fused-ring (bicyclic) bond motifs is 1. The molecule has 1 aromatic carbocycles. The van der Waals surface area contributed by atoms with Crippen molar-refractivity contribution in [1.82, 2.24) is 29.7 Å². The van der Waals surface area contributed by atoms with Gasteiger partial charge in [-0.1, -0.05) is 18.2 Å². The third-order valence-electron chi connectivity index (χ3n) is 4.93. The van der Waals surface area contributed by atoms with E-state index in [1.807, 2.05) is 24.3 Å². The van der Waals surface area contributed by atoms with E-state index in [0.29, 0.717) is 28.6 Å². The summed E-state index contributed by atoms with van der Waals surface area (Å²) in [5, 5.41) is 5.46. The van der Waals surface area contributed by atoms with Crippen LogP contribution in [-0.2, 0) is 6.54 Å². The van der Waals surface area contributed by atoms with Crippen LogP contribution in [0.3, 0.4) is 0 Å². The predicted octanol–water partition coefficient (Wildman–Crippen LogP) is 4.15. The van der Waals surface area contributed by atoms with Crippen molar-refractivity contribution < 1.29 is 9.13 Å². The Morgan fingerprint density at radius 1 is 0.903 bits per heavy atom. The average Bonchev–Trinajstić information content (AvgIpc) is 3.19. The maximum atomic E-state index is 14.2. The number of hydrogen-bond donors (Lipinski definition) is 0. The van der Waals surface area contributed by atoms with E-state index >= 15 is 0 Å². The van der Waals surface area contributed by atoms with Gasteiger partial charge < -0.3 is 4.74 Å². The molecule has 7 nitrogen and oxygen atoms in total. The molecule has 0 amide bonds. The number of ether oxygens (including phenoxy) is 1. The van der Waals surface area contributed by atoms with E-state index in [9.17, 15) is 4.39 Å². The molecule has 4 heterocycles. The van der Waals surface area contributed by atoms with Crippen LogP contribution in [0.15, 0.2) is 73.3 Å². The summed E-state index contributed by atoms with van der Waals surface area (Å²) in [6, 6.07) is 14.1. The first-order valence-electron chi connectivity index (χ1n) is 9.60. The Morgan fingerprint density at radius 2 is 1.74 bits per heavy atom. The number of aromatic nitrogens is 6. The maximum Gasteiger partial charge on any atom is 0.213 e. The Balaban J connectivity index is 1.54. The number of rotatable bonds is 5. The quantitative estimate of drug-likeness (QED) is 0.432. The predicted molar refractivity (Wildman–Crippen MR) is 114 cm³/mol. The van der Waals surface area contributed by atoms with Gasteiger partial charge in [-0.2, -0.15) is 5.10 Å². The second-order valence-electron chi connectivity index (χ2n) is 6.85. The van der Waals surface area contributed by atoms with E-state index in [0.717, 1.165) is 16.5 Å². The monoisotopic (exact) mass is 412 g/mol. The van der Waals surface area contributed by atoms with Gasteiger partial charge >= 0.3 is 0 Å². The van der Waals surface area contributed by atoms with E-state index in [2.05, 4.69) is 25.0 Å². The smallest absolute Gasteiger partial charge is 0.213 e. The summed E-state index contributed by atoms with van der Waals surface area (Å²) in [5.74, 6) is 0.706. The zero-order valence-corrected chi connectivity index (χ0v) is 16.6. The van der Waals surface area contributed by atoms with Crippen LogP contribution in [0, 0.1) is 5.82 Å². The molecule has 152 valence electrons. The van der Waals surface area contributed by atoms with Crippen molar-refractivity contribution in [3.63, 3.8) is 0 Å². The summed E-state index contributed by atoms with van der Waals surface area (Å²) in [7, 11) is 1.57. The van der Waals surface area contributed by atoms with Crippen molar-refractivity contribution in [3.8, 4) is 28.5 Å². The van der Waals surface area contributed by atoms with E-state index in [1.165, 1.54) is 6.07 Å². The van der Waals surface area contributed by atoms with Crippen molar-refractivity contribution in [2.75, 3.05) is 7.11 Å². The Kier molecular flexibility index (Phi) is 4.80. The van der Waals surface area contributed by atoms with Gasteiger partial charge in [0.2, 0.25) is 5.88 Å². The molecule has 0 spiro atoms. The maximum absolute atomic E-state index is 14.2. The summed E-state index contributed by atoms with van der Waals surface area (Å²) < 4.78 is 21.0. The van der Waals surface area contributed by atoms with Crippen molar-refractivity contribution in [2.45, 2.75) is 6.54 Å².